The SMILES string of the molecule is Cc1ccc(CN(C(=O)CN(c2cc(Cl)ccc2Cl)S(C)(=O)=O)[C@@H](Cc2ccccc2)C(=O)NC2CCCC2)cc1. The minimum atomic E-state index is -3.95. The zero-order valence-electron chi connectivity index (χ0n) is 23.2. The molecule has 4 rings (SSSR count). The van der Waals surface area contributed by atoms with Gasteiger partial charge in [-0.2, -0.15) is 0 Å². The number of rotatable bonds is 11. The van der Waals surface area contributed by atoms with Crippen molar-refractivity contribution in [1.82, 2.24) is 10.2 Å². The van der Waals surface area contributed by atoms with E-state index < -0.39 is 28.5 Å². The number of amides is 2. The first-order chi connectivity index (χ1) is 19.5. The van der Waals surface area contributed by atoms with Gasteiger partial charge in [0.2, 0.25) is 21.8 Å². The molecule has 1 atom stereocenters. The Morgan fingerprint density at radius 1 is 0.951 bits per heavy atom. The molecule has 1 aliphatic carbocycles. The van der Waals surface area contributed by atoms with Crippen molar-refractivity contribution in [3.05, 3.63) is 99.5 Å². The summed E-state index contributed by atoms with van der Waals surface area (Å²) in [4.78, 5) is 29.5. The zero-order chi connectivity index (χ0) is 29.6. The lowest BCUT2D eigenvalue weighted by atomic mass is 10.0. The summed E-state index contributed by atoms with van der Waals surface area (Å²) in [7, 11) is -3.95. The van der Waals surface area contributed by atoms with Crippen molar-refractivity contribution in [3.8, 4) is 0 Å². The number of carbonyl (C=O) groups excluding carboxylic acids is 2. The molecule has 0 radical (unpaired) electrons. The van der Waals surface area contributed by atoms with Gasteiger partial charge in [-0.1, -0.05) is 96.2 Å². The molecular weight excluding hydrogens is 581 g/mol. The molecule has 0 unspecified atom stereocenters. The molecule has 0 spiro atoms. The fourth-order valence-corrected chi connectivity index (χ4v) is 6.37. The predicted molar refractivity (Wildman–Crippen MR) is 165 cm³/mol. The molecule has 2 amide bonds. The molecule has 0 aromatic heterocycles. The van der Waals surface area contributed by atoms with Crippen molar-refractivity contribution in [2.75, 3.05) is 17.1 Å². The number of sulfonamides is 1. The molecule has 1 N–H and O–H groups in total. The van der Waals surface area contributed by atoms with Crippen molar-refractivity contribution in [2.45, 2.75) is 57.7 Å². The number of benzene rings is 3. The maximum absolute atomic E-state index is 14.2. The topological polar surface area (TPSA) is 86.8 Å². The summed E-state index contributed by atoms with van der Waals surface area (Å²) in [5.74, 6) is -0.789. The molecule has 0 heterocycles. The van der Waals surface area contributed by atoms with E-state index in [4.69, 9.17) is 23.2 Å². The molecule has 0 aliphatic heterocycles. The minimum absolute atomic E-state index is 0.0508. The number of anilines is 1. The van der Waals surface area contributed by atoms with Crippen molar-refractivity contribution >= 4 is 50.7 Å². The number of hydrogen-bond donors (Lipinski definition) is 1. The van der Waals surface area contributed by atoms with Crippen LogP contribution in [0, 0.1) is 6.92 Å². The molecule has 0 saturated heterocycles. The van der Waals surface area contributed by atoms with Crippen LogP contribution < -0.4 is 9.62 Å². The van der Waals surface area contributed by atoms with E-state index >= 15 is 0 Å². The second-order valence-corrected chi connectivity index (χ2v) is 13.3. The highest BCUT2D eigenvalue weighted by atomic mass is 35.5. The highest BCUT2D eigenvalue weighted by Crippen LogP contribution is 2.31. The number of halogens is 2. The van der Waals surface area contributed by atoms with E-state index in [0.717, 1.165) is 52.9 Å². The highest BCUT2D eigenvalue weighted by molar-refractivity contribution is 7.92. The fraction of sp³-hybridized carbons (Fsp3) is 0.355. The van der Waals surface area contributed by atoms with Gasteiger partial charge in [0.25, 0.3) is 0 Å². The molecule has 3 aromatic carbocycles. The molecule has 1 aliphatic rings. The average molecular weight is 617 g/mol. The first-order valence-electron chi connectivity index (χ1n) is 13.6. The van der Waals surface area contributed by atoms with E-state index in [0.29, 0.717) is 0 Å². The third kappa shape index (κ3) is 8.47. The van der Waals surface area contributed by atoms with E-state index in [1.54, 1.807) is 6.07 Å². The van der Waals surface area contributed by atoms with Crippen LogP contribution in [0.25, 0.3) is 0 Å². The van der Waals surface area contributed by atoms with Gasteiger partial charge in [-0.05, 0) is 49.1 Å². The molecule has 7 nitrogen and oxygen atoms in total. The van der Waals surface area contributed by atoms with Crippen molar-refractivity contribution in [1.29, 1.82) is 0 Å². The Hall–Kier alpha value is -3.07. The minimum Gasteiger partial charge on any atom is -0.352 e. The van der Waals surface area contributed by atoms with Gasteiger partial charge < -0.3 is 10.2 Å². The third-order valence-corrected chi connectivity index (χ3v) is 8.98. The van der Waals surface area contributed by atoms with E-state index in [9.17, 15) is 18.0 Å². The standard InChI is InChI=1S/C31H35Cl2N3O4S/c1-22-12-14-24(15-13-22)20-35(30(37)21-36(41(2,39)40)28-19-25(32)16-17-27(28)33)29(18-23-8-4-3-5-9-23)31(38)34-26-10-6-7-11-26/h3-5,8-9,12-17,19,26,29H,6-7,10-11,18,20-21H2,1-2H3,(H,34,38)/t29-/m0/s1. The summed E-state index contributed by atoms with van der Waals surface area (Å²) < 4.78 is 26.8. The molecule has 218 valence electrons. The molecule has 3 aromatic rings. The second-order valence-electron chi connectivity index (χ2n) is 10.6. The maximum atomic E-state index is 14.2. The average Bonchev–Trinajstić information content (AvgIpc) is 3.44. The van der Waals surface area contributed by atoms with Crippen LogP contribution in [0.2, 0.25) is 10.0 Å². The van der Waals surface area contributed by atoms with E-state index in [1.165, 1.54) is 17.0 Å². The van der Waals surface area contributed by atoms with Crippen LogP contribution in [0.4, 0.5) is 5.69 Å². The first kappa shape index (κ1) is 30.9. The predicted octanol–water partition coefficient (Wildman–Crippen LogP) is 5.77. The Labute approximate surface area is 252 Å². The Morgan fingerprint density at radius 2 is 1.61 bits per heavy atom. The second kappa shape index (κ2) is 13.7. The molecule has 1 saturated carbocycles. The lowest BCUT2D eigenvalue weighted by Crippen LogP contribution is -2.54. The van der Waals surface area contributed by atoms with E-state index in [1.807, 2.05) is 61.5 Å². The monoisotopic (exact) mass is 615 g/mol. The van der Waals surface area contributed by atoms with E-state index in [-0.39, 0.29) is 40.6 Å². The maximum Gasteiger partial charge on any atom is 0.244 e. The van der Waals surface area contributed by atoms with Gasteiger partial charge in [0.1, 0.15) is 12.6 Å². The number of aryl methyl sites for hydroxylation is 1. The number of hydrogen-bond acceptors (Lipinski definition) is 4. The summed E-state index contributed by atoms with van der Waals surface area (Å²) in [6, 6.07) is 20.8. The summed E-state index contributed by atoms with van der Waals surface area (Å²) in [5.41, 5.74) is 2.87. The Bertz CT molecular complexity index is 1460. The molecular formula is C31H35Cl2N3O4S. The van der Waals surface area contributed by atoms with Gasteiger partial charge in [-0.15, -0.1) is 0 Å². The lowest BCUT2D eigenvalue weighted by molar-refractivity contribution is -0.140. The van der Waals surface area contributed by atoms with Crippen LogP contribution in [0.1, 0.15) is 42.4 Å². The number of carbonyl (C=O) groups is 2. The van der Waals surface area contributed by atoms with Crippen LogP contribution in [-0.2, 0) is 32.6 Å². The van der Waals surface area contributed by atoms with Crippen LogP contribution in [0.15, 0.2) is 72.8 Å². The number of nitrogens with zero attached hydrogens (tertiary/aromatic N) is 2. The van der Waals surface area contributed by atoms with Gasteiger partial charge in [0.05, 0.1) is 17.0 Å². The van der Waals surface area contributed by atoms with Crippen molar-refractivity contribution in [3.63, 3.8) is 0 Å². The van der Waals surface area contributed by atoms with Crippen LogP contribution in [0.5, 0.6) is 0 Å². The lowest BCUT2D eigenvalue weighted by Gasteiger charge is -2.34. The Kier molecular flexibility index (Phi) is 10.3. The molecule has 10 heteroatoms. The summed E-state index contributed by atoms with van der Waals surface area (Å²) in [5, 5.41) is 3.57. The van der Waals surface area contributed by atoms with E-state index in [2.05, 4.69) is 5.32 Å². The van der Waals surface area contributed by atoms with Gasteiger partial charge in [0.15, 0.2) is 0 Å². The fourth-order valence-electron chi connectivity index (χ4n) is 5.08. The summed E-state index contributed by atoms with van der Waals surface area (Å²) in [6.07, 6.45) is 5.16. The quantitative estimate of drug-likeness (QED) is 0.297. The smallest absolute Gasteiger partial charge is 0.244 e. The molecule has 1 fully saturated rings. The van der Waals surface area contributed by atoms with Gasteiger partial charge in [-0.25, -0.2) is 8.42 Å². The normalized spacial score (nSPS) is 14.4. The summed E-state index contributed by atoms with van der Waals surface area (Å²) in [6.45, 7) is 1.54. The molecule has 41 heavy (non-hydrogen) atoms. The summed E-state index contributed by atoms with van der Waals surface area (Å²) >= 11 is 12.5. The first-order valence-corrected chi connectivity index (χ1v) is 16.2. The molecule has 0 bridgehead atoms. The van der Waals surface area contributed by atoms with Crippen LogP contribution in [-0.4, -0.2) is 50.0 Å². The zero-order valence-corrected chi connectivity index (χ0v) is 25.6. The van der Waals surface area contributed by atoms with Crippen LogP contribution in [0.3, 0.4) is 0 Å². The van der Waals surface area contributed by atoms with Crippen molar-refractivity contribution in [2.24, 2.45) is 0 Å². The number of nitrogens with one attached hydrogen (secondary N) is 1. The highest BCUT2D eigenvalue weighted by Gasteiger charge is 2.34. The van der Waals surface area contributed by atoms with Gasteiger partial charge in [0, 0.05) is 24.0 Å². The van der Waals surface area contributed by atoms with Crippen molar-refractivity contribution < 1.29 is 18.0 Å². The van der Waals surface area contributed by atoms with Gasteiger partial charge >= 0.3 is 0 Å². The third-order valence-electron chi connectivity index (χ3n) is 7.30. The Balaban J connectivity index is 1.74. The van der Waals surface area contributed by atoms with Crippen LogP contribution >= 0.6 is 23.2 Å². The Morgan fingerprint density at radius 3 is 2.24 bits per heavy atom. The van der Waals surface area contributed by atoms with Gasteiger partial charge in [-0.3, -0.25) is 13.9 Å². The largest absolute Gasteiger partial charge is 0.352 e.